The highest BCUT2D eigenvalue weighted by atomic mass is 16.2. The lowest BCUT2D eigenvalue weighted by Crippen LogP contribution is -2.35. The van der Waals surface area contributed by atoms with Crippen molar-refractivity contribution < 1.29 is 4.79 Å². The highest BCUT2D eigenvalue weighted by Crippen LogP contribution is 2.22. The van der Waals surface area contributed by atoms with Gasteiger partial charge in [-0.05, 0) is 50.8 Å². The Bertz CT molecular complexity index is 349. The lowest BCUT2D eigenvalue weighted by Gasteiger charge is -2.26. The predicted molar refractivity (Wildman–Crippen MR) is 80.3 cm³/mol. The normalized spacial score (nSPS) is 20.3. The molecule has 2 unspecified atom stereocenters. The van der Waals surface area contributed by atoms with Crippen molar-refractivity contribution in [3.63, 3.8) is 0 Å². The Balaban J connectivity index is 2.34. The first-order valence-corrected chi connectivity index (χ1v) is 7.65. The van der Waals surface area contributed by atoms with Gasteiger partial charge in [0.15, 0.2) is 0 Å². The van der Waals surface area contributed by atoms with Gasteiger partial charge in [0.1, 0.15) is 0 Å². The van der Waals surface area contributed by atoms with Crippen molar-refractivity contribution in [2.45, 2.75) is 46.1 Å². The summed E-state index contributed by atoms with van der Waals surface area (Å²) < 4.78 is 0. The van der Waals surface area contributed by atoms with Gasteiger partial charge in [-0.3, -0.25) is 4.79 Å². The van der Waals surface area contributed by atoms with Gasteiger partial charge in [0.05, 0.1) is 0 Å². The van der Waals surface area contributed by atoms with E-state index in [1.54, 1.807) is 0 Å². The van der Waals surface area contributed by atoms with Crippen LogP contribution in [0.25, 0.3) is 10.4 Å². The van der Waals surface area contributed by atoms with Gasteiger partial charge in [0, 0.05) is 30.5 Å². The summed E-state index contributed by atoms with van der Waals surface area (Å²) in [6, 6.07) is 0.286. The maximum absolute atomic E-state index is 12.0. The number of carbonyl (C=O) groups is 1. The second-order valence-corrected chi connectivity index (χ2v) is 5.55. The third-order valence-corrected chi connectivity index (χ3v) is 4.16. The highest BCUT2D eigenvalue weighted by Gasteiger charge is 2.31. The minimum absolute atomic E-state index is 0.198. The fourth-order valence-corrected chi connectivity index (χ4v) is 2.81. The molecule has 1 amide bonds. The van der Waals surface area contributed by atoms with Crippen LogP contribution in [0.4, 0.5) is 0 Å². The topological polar surface area (TPSA) is 72.3 Å². The van der Waals surface area contributed by atoms with Crippen LogP contribution in [0.3, 0.4) is 0 Å². The van der Waals surface area contributed by atoms with Crippen molar-refractivity contribution in [1.82, 2.24) is 9.80 Å². The monoisotopic (exact) mass is 281 g/mol. The van der Waals surface area contributed by atoms with E-state index >= 15 is 0 Å². The molecule has 1 rings (SSSR count). The van der Waals surface area contributed by atoms with Crippen LogP contribution in [-0.2, 0) is 4.79 Å². The quantitative estimate of drug-likeness (QED) is 0.370. The van der Waals surface area contributed by atoms with E-state index in [1.165, 1.54) is 0 Å². The molecule has 0 aromatic carbocycles. The summed E-state index contributed by atoms with van der Waals surface area (Å²) in [6.45, 7) is 10.9. The van der Waals surface area contributed by atoms with Crippen LogP contribution in [0.5, 0.6) is 0 Å². The lowest BCUT2D eigenvalue weighted by molar-refractivity contribution is -0.129. The van der Waals surface area contributed by atoms with Gasteiger partial charge in [-0.2, -0.15) is 0 Å². The number of hydrogen-bond acceptors (Lipinski definition) is 3. The molecule has 0 saturated carbocycles. The molecule has 6 heteroatoms. The van der Waals surface area contributed by atoms with Crippen LogP contribution in [0.1, 0.15) is 40.0 Å². The van der Waals surface area contributed by atoms with Gasteiger partial charge in [-0.25, -0.2) is 0 Å². The smallest absolute Gasteiger partial charge is 0.223 e. The molecule has 20 heavy (non-hydrogen) atoms. The second-order valence-electron chi connectivity index (χ2n) is 5.55. The third-order valence-electron chi connectivity index (χ3n) is 4.16. The molecule has 0 radical (unpaired) electrons. The summed E-state index contributed by atoms with van der Waals surface area (Å²) in [5.41, 5.74) is 8.34. The molecule has 2 atom stereocenters. The van der Waals surface area contributed by atoms with Crippen molar-refractivity contribution in [2.24, 2.45) is 11.0 Å². The van der Waals surface area contributed by atoms with E-state index in [0.717, 1.165) is 39.0 Å². The Morgan fingerprint density at radius 3 is 2.80 bits per heavy atom. The molecule has 114 valence electrons. The number of likely N-dealkylation sites (tertiary alicyclic amines) is 1. The molecule has 1 fully saturated rings. The van der Waals surface area contributed by atoms with Crippen LogP contribution in [0, 0.1) is 5.92 Å². The molecule has 0 aromatic heterocycles. The number of hydrogen-bond donors (Lipinski definition) is 0. The van der Waals surface area contributed by atoms with Crippen LogP contribution in [0.2, 0.25) is 0 Å². The first-order valence-electron chi connectivity index (χ1n) is 7.65. The molecular weight excluding hydrogens is 254 g/mol. The van der Waals surface area contributed by atoms with Crippen LogP contribution in [0.15, 0.2) is 5.11 Å². The largest absolute Gasteiger partial charge is 0.340 e. The van der Waals surface area contributed by atoms with Crippen LogP contribution < -0.4 is 0 Å². The van der Waals surface area contributed by atoms with E-state index in [0.29, 0.717) is 13.0 Å². The maximum atomic E-state index is 12.0. The summed E-state index contributed by atoms with van der Waals surface area (Å²) in [6.07, 6.45) is 2.68. The SMILES string of the molecule is CCN(CC)CCCC(C)N1CC(CN=[N+]=[N-])CC1=O. The zero-order valence-corrected chi connectivity index (χ0v) is 13.0. The number of rotatable bonds is 9. The Morgan fingerprint density at radius 2 is 2.20 bits per heavy atom. The summed E-state index contributed by atoms with van der Waals surface area (Å²) >= 11 is 0. The standard InChI is InChI=1S/C14H27N5O/c1-4-18(5-2)8-6-7-12(3)19-11-13(9-14(19)20)10-16-17-15/h12-13H,4-11H2,1-3H3. The van der Waals surface area contributed by atoms with Gasteiger partial charge in [0.25, 0.3) is 0 Å². The van der Waals surface area contributed by atoms with E-state index in [2.05, 4.69) is 35.7 Å². The van der Waals surface area contributed by atoms with Crippen LogP contribution in [-0.4, -0.2) is 54.5 Å². The van der Waals surface area contributed by atoms with Gasteiger partial charge in [-0.1, -0.05) is 19.0 Å². The van der Waals surface area contributed by atoms with Gasteiger partial charge >= 0.3 is 0 Å². The fourth-order valence-electron chi connectivity index (χ4n) is 2.81. The van der Waals surface area contributed by atoms with Gasteiger partial charge < -0.3 is 9.80 Å². The average Bonchev–Trinajstić information content (AvgIpc) is 2.82. The summed E-state index contributed by atoms with van der Waals surface area (Å²) in [5, 5.41) is 3.58. The zero-order chi connectivity index (χ0) is 15.0. The summed E-state index contributed by atoms with van der Waals surface area (Å²) in [5.74, 6) is 0.405. The number of azide groups is 1. The van der Waals surface area contributed by atoms with E-state index in [4.69, 9.17) is 5.53 Å². The first-order chi connectivity index (χ1) is 9.62. The van der Waals surface area contributed by atoms with Crippen molar-refractivity contribution >= 4 is 5.91 Å². The molecule has 1 aliphatic heterocycles. The van der Waals surface area contributed by atoms with E-state index in [1.807, 2.05) is 4.90 Å². The van der Waals surface area contributed by atoms with Crippen molar-refractivity contribution in [3.8, 4) is 0 Å². The molecule has 0 spiro atoms. The Kier molecular flexibility index (Phi) is 7.41. The molecule has 1 saturated heterocycles. The minimum atomic E-state index is 0.198. The Labute approximate surface area is 121 Å². The molecule has 0 N–H and O–H groups in total. The molecule has 0 aliphatic carbocycles. The number of carbonyl (C=O) groups excluding carboxylic acids is 1. The third kappa shape index (κ3) is 5.02. The van der Waals surface area contributed by atoms with Crippen molar-refractivity contribution in [1.29, 1.82) is 0 Å². The molecule has 1 aliphatic rings. The summed E-state index contributed by atoms with van der Waals surface area (Å²) in [4.78, 5) is 19.1. The van der Waals surface area contributed by atoms with E-state index in [-0.39, 0.29) is 17.9 Å². The minimum Gasteiger partial charge on any atom is -0.340 e. The fraction of sp³-hybridized carbons (Fsp3) is 0.929. The first kappa shape index (κ1) is 16.8. The lowest BCUT2D eigenvalue weighted by atomic mass is 10.1. The Hall–Kier alpha value is -1.26. The van der Waals surface area contributed by atoms with E-state index in [9.17, 15) is 4.79 Å². The van der Waals surface area contributed by atoms with E-state index < -0.39 is 0 Å². The highest BCUT2D eigenvalue weighted by molar-refractivity contribution is 5.79. The molecule has 6 nitrogen and oxygen atoms in total. The molecule has 0 aromatic rings. The molecule has 1 heterocycles. The maximum Gasteiger partial charge on any atom is 0.223 e. The molecular formula is C14H27N5O. The second kappa shape index (κ2) is 8.82. The Morgan fingerprint density at radius 1 is 1.50 bits per heavy atom. The van der Waals surface area contributed by atoms with Crippen LogP contribution >= 0.6 is 0 Å². The predicted octanol–water partition coefficient (Wildman–Crippen LogP) is 2.66. The van der Waals surface area contributed by atoms with Crippen molar-refractivity contribution in [3.05, 3.63) is 10.4 Å². The number of amides is 1. The zero-order valence-electron chi connectivity index (χ0n) is 13.0. The van der Waals surface area contributed by atoms with Gasteiger partial charge in [0.2, 0.25) is 5.91 Å². The molecule has 0 bridgehead atoms. The summed E-state index contributed by atoms with van der Waals surface area (Å²) in [7, 11) is 0. The van der Waals surface area contributed by atoms with Gasteiger partial charge in [-0.15, -0.1) is 0 Å². The van der Waals surface area contributed by atoms with Crippen molar-refractivity contribution in [2.75, 3.05) is 32.7 Å². The number of nitrogens with zero attached hydrogens (tertiary/aromatic N) is 5. The average molecular weight is 281 g/mol.